The van der Waals surface area contributed by atoms with E-state index in [1.165, 1.54) is 30.5 Å². The largest absolute Gasteiger partial charge is 0.467 e. The molecule has 0 saturated heterocycles. The van der Waals surface area contributed by atoms with Gasteiger partial charge in [-0.25, -0.2) is 0 Å². The fourth-order valence-electron chi connectivity index (χ4n) is 3.03. The van der Waals surface area contributed by atoms with Gasteiger partial charge >= 0.3 is 6.18 Å². The number of imide groups is 1. The third-order valence-corrected chi connectivity index (χ3v) is 4.30. The summed E-state index contributed by atoms with van der Waals surface area (Å²) >= 11 is 0. The van der Waals surface area contributed by atoms with E-state index < -0.39 is 30.4 Å². The van der Waals surface area contributed by atoms with Crippen LogP contribution in [0, 0.1) is 0 Å². The van der Waals surface area contributed by atoms with Crippen molar-refractivity contribution in [1.82, 2.24) is 9.80 Å². The maximum absolute atomic E-state index is 12.8. The lowest BCUT2D eigenvalue weighted by Crippen LogP contribution is -2.39. The minimum absolute atomic E-state index is 0.0430. The molecule has 2 heterocycles. The Morgan fingerprint density at radius 2 is 1.68 bits per heavy atom. The highest BCUT2D eigenvalue weighted by molar-refractivity contribution is 6.21. The summed E-state index contributed by atoms with van der Waals surface area (Å²) in [6.07, 6.45) is -3.40. The first kappa shape index (κ1) is 19.7. The van der Waals surface area contributed by atoms with Crippen molar-refractivity contribution in [3.63, 3.8) is 0 Å². The molecule has 1 aromatic carbocycles. The molecule has 6 nitrogen and oxygen atoms in total. The normalized spacial score (nSPS) is 13.8. The van der Waals surface area contributed by atoms with Gasteiger partial charge in [0.2, 0.25) is 5.91 Å². The topological polar surface area (TPSA) is 70.8 Å². The number of amides is 3. The van der Waals surface area contributed by atoms with Gasteiger partial charge in [-0.3, -0.25) is 19.3 Å². The van der Waals surface area contributed by atoms with E-state index in [2.05, 4.69) is 0 Å². The minimum Gasteiger partial charge on any atom is -0.467 e. The van der Waals surface area contributed by atoms with Gasteiger partial charge in [-0.1, -0.05) is 12.1 Å². The highest BCUT2D eigenvalue weighted by Crippen LogP contribution is 2.23. The first-order chi connectivity index (χ1) is 13.3. The van der Waals surface area contributed by atoms with Crippen molar-refractivity contribution < 1.29 is 32.0 Å². The highest BCUT2D eigenvalue weighted by atomic mass is 19.4. The number of halogens is 3. The SMILES string of the molecule is O=C(CCCN1C(=O)c2ccccc2C1=O)N(Cc1ccco1)CC(F)(F)F. The Labute approximate surface area is 158 Å². The number of rotatable bonds is 7. The Balaban J connectivity index is 1.59. The number of furan rings is 1. The molecule has 3 rings (SSSR count). The number of alkyl halides is 3. The van der Waals surface area contributed by atoms with Crippen LogP contribution in [0.25, 0.3) is 0 Å². The summed E-state index contributed by atoms with van der Waals surface area (Å²) < 4.78 is 43.4. The third kappa shape index (κ3) is 4.41. The van der Waals surface area contributed by atoms with E-state index in [1.54, 1.807) is 12.1 Å². The van der Waals surface area contributed by atoms with Crippen LogP contribution < -0.4 is 0 Å². The summed E-state index contributed by atoms with van der Waals surface area (Å²) in [4.78, 5) is 38.5. The molecule has 0 atom stereocenters. The monoisotopic (exact) mass is 394 g/mol. The van der Waals surface area contributed by atoms with Gasteiger partial charge in [0.25, 0.3) is 11.8 Å². The molecule has 1 aliphatic rings. The predicted octanol–water partition coefficient (Wildman–Crippen LogP) is 3.25. The number of carbonyl (C=O) groups excluding carboxylic acids is 3. The van der Waals surface area contributed by atoms with Crippen LogP contribution in [0.2, 0.25) is 0 Å². The zero-order chi connectivity index (χ0) is 20.3. The van der Waals surface area contributed by atoms with Crippen LogP contribution in [0.4, 0.5) is 13.2 Å². The van der Waals surface area contributed by atoms with E-state index in [4.69, 9.17) is 4.42 Å². The van der Waals surface area contributed by atoms with Crippen LogP contribution in [0.15, 0.2) is 47.1 Å². The Kier molecular flexibility index (Phi) is 5.53. The molecule has 148 valence electrons. The number of carbonyl (C=O) groups is 3. The van der Waals surface area contributed by atoms with Gasteiger partial charge in [-0.2, -0.15) is 13.2 Å². The average molecular weight is 394 g/mol. The zero-order valence-electron chi connectivity index (χ0n) is 14.7. The standard InChI is InChI=1S/C19H17F3N2O4/c20-19(21,22)12-23(11-13-5-4-10-28-13)16(25)8-3-9-24-17(26)14-6-1-2-7-15(14)18(24)27/h1-2,4-7,10H,3,8-9,11-12H2. The summed E-state index contributed by atoms with van der Waals surface area (Å²) in [5.41, 5.74) is 0.575. The van der Waals surface area contributed by atoms with Gasteiger partial charge in [-0.15, -0.1) is 0 Å². The summed E-state index contributed by atoms with van der Waals surface area (Å²) in [6.45, 7) is -1.75. The van der Waals surface area contributed by atoms with E-state index in [-0.39, 0.29) is 42.8 Å². The molecule has 0 N–H and O–H groups in total. The molecule has 0 saturated carbocycles. The lowest BCUT2D eigenvalue weighted by Gasteiger charge is -2.23. The van der Waals surface area contributed by atoms with Crippen molar-refractivity contribution in [2.24, 2.45) is 0 Å². The molecule has 0 fully saturated rings. The van der Waals surface area contributed by atoms with Gasteiger partial charge in [0.15, 0.2) is 0 Å². The van der Waals surface area contributed by atoms with E-state index >= 15 is 0 Å². The molecule has 28 heavy (non-hydrogen) atoms. The summed E-state index contributed by atoms with van der Waals surface area (Å²) in [7, 11) is 0. The molecular formula is C19H17F3N2O4. The first-order valence-electron chi connectivity index (χ1n) is 8.58. The summed E-state index contributed by atoms with van der Waals surface area (Å²) in [6, 6.07) is 9.36. The van der Waals surface area contributed by atoms with Gasteiger partial charge in [0.1, 0.15) is 12.3 Å². The quantitative estimate of drug-likeness (QED) is 0.676. The van der Waals surface area contributed by atoms with Crippen LogP contribution in [-0.2, 0) is 11.3 Å². The Bertz CT molecular complexity index is 843. The lowest BCUT2D eigenvalue weighted by molar-refractivity contribution is -0.162. The van der Waals surface area contributed by atoms with Crippen LogP contribution in [0.1, 0.15) is 39.3 Å². The molecule has 2 aromatic rings. The second kappa shape index (κ2) is 7.87. The second-order valence-electron chi connectivity index (χ2n) is 6.36. The van der Waals surface area contributed by atoms with Crippen LogP contribution in [0.5, 0.6) is 0 Å². The Morgan fingerprint density at radius 3 is 2.21 bits per heavy atom. The van der Waals surface area contributed by atoms with E-state index in [0.29, 0.717) is 4.90 Å². The van der Waals surface area contributed by atoms with Crippen molar-refractivity contribution in [2.45, 2.75) is 25.6 Å². The number of benzene rings is 1. The number of hydrogen-bond acceptors (Lipinski definition) is 4. The van der Waals surface area contributed by atoms with Crippen molar-refractivity contribution in [2.75, 3.05) is 13.1 Å². The lowest BCUT2D eigenvalue weighted by atomic mass is 10.1. The van der Waals surface area contributed by atoms with E-state index in [0.717, 1.165) is 4.90 Å². The summed E-state index contributed by atoms with van der Waals surface area (Å²) in [5, 5.41) is 0. The minimum atomic E-state index is -4.55. The maximum Gasteiger partial charge on any atom is 0.406 e. The zero-order valence-corrected chi connectivity index (χ0v) is 14.7. The maximum atomic E-state index is 12.8. The van der Waals surface area contributed by atoms with Gasteiger partial charge < -0.3 is 9.32 Å². The van der Waals surface area contributed by atoms with Crippen LogP contribution in [0.3, 0.4) is 0 Å². The third-order valence-electron chi connectivity index (χ3n) is 4.30. The molecule has 0 radical (unpaired) electrons. The number of hydrogen-bond donors (Lipinski definition) is 0. The average Bonchev–Trinajstić information content (AvgIpc) is 3.23. The molecule has 9 heteroatoms. The molecule has 3 amide bonds. The highest BCUT2D eigenvalue weighted by Gasteiger charge is 2.36. The fourth-order valence-corrected chi connectivity index (χ4v) is 3.03. The Morgan fingerprint density at radius 1 is 1.04 bits per heavy atom. The van der Waals surface area contributed by atoms with E-state index in [9.17, 15) is 27.6 Å². The molecule has 0 unspecified atom stereocenters. The molecule has 0 aliphatic carbocycles. The molecule has 1 aromatic heterocycles. The second-order valence-corrected chi connectivity index (χ2v) is 6.36. The smallest absolute Gasteiger partial charge is 0.406 e. The van der Waals surface area contributed by atoms with Crippen molar-refractivity contribution in [3.8, 4) is 0 Å². The van der Waals surface area contributed by atoms with Crippen molar-refractivity contribution in [1.29, 1.82) is 0 Å². The molecule has 0 bridgehead atoms. The molecule has 1 aliphatic heterocycles. The van der Waals surface area contributed by atoms with Gasteiger partial charge in [-0.05, 0) is 30.7 Å². The summed E-state index contributed by atoms with van der Waals surface area (Å²) in [5.74, 6) is -1.42. The number of fused-ring (bicyclic) bond motifs is 1. The predicted molar refractivity (Wildman–Crippen MR) is 91.2 cm³/mol. The van der Waals surface area contributed by atoms with E-state index in [1.807, 2.05) is 0 Å². The van der Waals surface area contributed by atoms with Crippen molar-refractivity contribution in [3.05, 3.63) is 59.5 Å². The van der Waals surface area contributed by atoms with Crippen LogP contribution in [-0.4, -0.2) is 46.8 Å². The molecule has 0 spiro atoms. The van der Waals surface area contributed by atoms with Crippen molar-refractivity contribution >= 4 is 17.7 Å². The number of nitrogens with zero attached hydrogens (tertiary/aromatic N) is 2. The molecular weight excluding hydrogens is 377 g/mol. The Hall–Kier alpha value is -3.10. The van der Waals surface area contributed by atoms with Gasteiger partial charge in [0.05, 0.1) is 23.9 Å². The van der Waals surface area contributed by atoms with Gasteiger partial charge in [0, 0.05) is 13.0 Å². The fraction of sp³-hybridized carbons (Fsp3) is 0.316. The van der Waals surface area contributed by atoms with Crippen LogP contribution >= 0.6 is 0 Å². The first-order valence-corrected chi connectivity index (χ1v) is 8.58.